The largest absolute Gasteiger partial charge is 0.342 e. The zero-order valence-electron chi connectivity index (χ0n) is 27.3. The molecule has 4 aliphatic carbocycles. The quantitative estimate of drug-likeness (QED) is 0.314. The molecule has 0 aromatic heterocycles. The summed E-state index contributed by atoms with van der Waals surface area (Å²) >= 11 is 0. The summed E-state index contributed by atoms with van der Waals surface area (Å²) in [6.07, 6.45) is 19.7. The van der Waals surface area contributed by atoms with Gasteiger partial charge in [-0.15, -0.1) is 0 Å². The fraction of sp³-hybridized carbons (Fsp3) is 0.525. The van der Waals surface area contributed by atoms with Crippen LogP contribution in [0.4, 0.5) is 0 Å². The first-order valence-electron chi connectivity index (χ1n) is 18.0. The molecule has 2 saturated heterocycles. The van der Waals surface area contributed by atoms with Crippen LogP contribution in [0.1, 0.15) is 83.2 Å². The summed E-state index contributed by atoms with van der Waals surface area (Å²) in [6, 6.07) is 16.1. The van der Waals surface area contributed by atoms with E-state index in [1.54, 1.807) is 0 Å². The molecule has 4 aliphatic heterocycles. The SMILES string of the molecule is O=C1NC2(CCN(CC3CC4C=CC3C4)CC2)c2ccccc21.O=C1NC2(CCNCC2)c2ccccc21.O=CC1CC2C=CC1C2. The number of hydrogen-bond acceptors (Lipinski definition) is 5. The molecule has 7 nitrogen and oxygen atoms in total. The van der Waals surface area contributed by atoms with Gasteiger partial charge in [0.05, 0.1) is 11.1 Å². The second-order valence-electron chi connectivity index (χ2n) is 15.3. The maximum Gasteiger partial charge on any atom is 0.252 e. The van der Waals surface area contributed by atoms with Crippen LogP contribution in [0.5, 0.6) is 0 Å². The summed E-state index contributed by atoms with van der Waals surface area (Å²) in [7, 11) is 0. The lowest BCUT2D eigenvalue weighted by molar-refractivity contribution is -0.111. The lowest BCUT2D eigenvalue weighted by Gasteiger charge is -2.41. The van der Waals surface area contributed by atoms with Crippen molar-refractivity contribution in [3.63, 3.8) is 0 Å². The van der Waals surface area contributed by atoms with E-state index in [2.05, 4.69) is 63.4 Å². The smallest absolute Gasteiger partial charge is 0.252 e. The zero-order chi connectivity index (χ0) is 32.0. The van der Waals surface area contributed by atoms with Gasteiger partial charge in [-0.05, 0) is 117 Å². The van der Waals surface area contributed by atoms with Crippen molar-refractivity contribution in [2.24, 2.45) is 35.5 Å². The van der Waals surface area contributed by atoms with Crippen molar-refractivity contribution in [2.45, 2.75) is 62.4 Å². The standard InChI is InChI=1S/C20H24N2O.C12H14N2O.C8H10O/c23-19-17-3-1-2-4-18(17)20(21-19)7-9-22(10-8-20)13-16-12-14-5-6-15(16)11-14;15-11-9-3-1-2-4-10(9)12(14-11)5-7-13-8-6-12;9-5-8-4-6-1-2-7(8)3-6/h1-6,14-16H,7-13H2,(H,21,23);1-4,13H,5-8H2,(H,14,15);1-2,5-8H,3-4H2. The van der Waals surface area contributed by atoms with Crippen LogP contribution in [0.25, 0.3) is 0 Å². The first-order valence-corrected chi connectivity index (χ1v) is 18.0. The van der Waals surface area contributed by atoms with Crippen LogP contribution in [-0.2, 0) is 15.9 Å². The van der Waals surface area contributed by atoms with Gasteiger partial charge in [-0.1, -0.05) is 60.7 Å². The zero-order valence-corrected chi connectivity index (χ0v) is 27.3. The Morgan fingerprint density at radius 1 is 0.681 bits per heavy atom. The third kappa shape index (κ3) is 5.69. The number of aldehydes is 1. The average molecular weight is 633 g/mol. The van der Waals surface area contributed by atoms with Crippen molar-refractivity contribution in [1.29, 1.82) is 0 Å². The van der Waals surface area contributed by atoms with Gasteiger partial charge in [-0.25, -0.2) is 0 Å². The number of fused-ring (bicyclic) bond motifs is 8. The van der Waals surface area contributed by atoms with Gasteiger partial charge in [0.15, 0.2) is 0 Å². The number of nitrogens with one attached hydrogen (secondary N) is 3. The van der Waals surface area contributed by atoms with Crippen LogP contribution in [0.3, 0.4) is 0 Å². The average Bonchev–Trinajstić information content (AvgIpc) is 3.98. The molecule has 2 amide bonds. The van der Waals surface area contributed by atoms with E-state index in [1.165, 1.54) is 36.9 Å². The van der Waals surface area contributed by atoms with Crippen LogP contribution < -0.4 is 16.0 Å². The van der Waals surface area contributed by atoms with E-state index in [9.17, 15) is 14.4 Å². The second-order valence-corrected chi connectivity index (χ2v) is 15.3. The molecule has 2 aromatic rings. The molecule has 3 N–H and O–H groups in total. The van der Waals surface area contributed by atoms with Crippen LogP contribution in [0.15, 0.2) is 72.8 Å². The molecule has 7 heteroatoms. The Labute approximate surface area is 278 Å². The third-order valence-corrected chi connectivity index (χ3v) is 12.7. The predicted octanol–water partition coefficient (Wildman–Crippen LogP) is 5.34. The Kier molecular flexibility index (Phi) is 8.17. The Hall–Kier alpha value is -3.55. The lowest BCUT2D eigenvalue weighted by Crippen LogP contribution is -2.50. The van der Waals surface area contributed by atoms with Crippen molar-refractivity contribution >= 4 is 18.1 Å². The lowest BCUT2D eigenvalue weighted by atomic mass is 9.81. The van der Waals surface area contributed by atoms with E-state index in [4.69, 9.17) is 0 Å². The number of carbonyl (C=O) groups excluding carboxylic acids is 3. The first-order chi connectivity index (χ1) is 23.0. The number of benzene rings is 2. The highest BCUT2D eigenvalue weighted by molar-refractivity contribution is 6.00. The highest BCUT2D eigenvalue weighted by Crippen LogP contribution is 2.45. The van der Waals surface area contributed by atoms with Crippen LogP contribution in [-0.4, -0.2) is 55.7 Å². The number of rotatable bonds is 3. The number of nitrogens with zero attached hydrogens (tertiary/aromatic N) is 1. The van der Waals surface area contributed by atoms with Gasteiger partial charge in [-0.2, -0.15) is 0 Å². The van der Waals surface area contributed by atoms with E-state index in [1.807, 2.05) is 30.3 Å². The number of allylic oxidation sites excluding steroid dienone is 4. The van der Waals surface area contributed by atoms with E-state index in [0.717, 1.165) is 99.4 Å². The Morgan fingerprint density at radius 3 is 1.72 bits per heavy atom. The highest BCUT2D eigenvalue weighted by atomic mass is 16.2. The van der Waals surface area contributed by atoms with Gasteiger partial charge in [0.2, 0.25) is 0 Å². The number of likely N-dealkylation sites (tertiary alicyclic amines) is 1. The van der Waals surface area contributed by atoms with Gasteiger partial charge in [0.25, 0.3) is 11.8 Å². The molecular weight excluding hydrogens is 584 g/mol. The summed E-state index contributed by atoms with van der Waals surface area (Å²) in [5, 5.41) is 9.79. The van der Waals surface area contributed by atoms with E-state index < -0.39 is 0 Å². The van der Waals surface area contributed by atoms with E-state index in [-0.39, 0.29) is 22.9 Å². The monoisotopic (exact) mass is 632 g/mol. The third-order valence-electron chi connectivity index (χ3n) is 12.7. The fourth-order valence-electron chi connectivity index (χ4n) is 10.1. The minimum atomic E-state index is -0.0985. The summed E-state index contributed by atoms with van der Waals surface area (Å²) in [5.74, 6) is 4.48. The Morgan fingerprint density at radius 2 is 1.23 bits per heavy atom. The van der Waals surface area contributed by atoms with Crippen molar-refractivity contribution in [3.05, 3.63) is 95.1 Å². The topological polar surface area (TPSA) is 90.5 Å². The maximum absolute atomic E-state index is 12.3. The maximum atomic E-state index is 12.3. The minimum absolute atomic E-state index is 0.0844. The van der Waals surface area contributed by atoms with Crippen molar-refractivity contribution in [3.8, 4) is 0 Å². The van der Waals surface area contributed by atoms with Gasteiger partial charge >= 0.3 is 0 Å². The highest BCUT2D eigenvalue weighted by Gasteiger charge is 2.46. The summed E-state index contributed by atoms with van der Waals surface area (Å²) in [5.41, 5.74) is 3.99. The first kappa shape index (κ1) is 30.8. The molecule has 2 saturated carbocycles. The molecule has 47 heavy (non-hydrogen) atoms. The van der Waals surface area contributed by atoms with Crippen molar-refractivity contribution in [2.75, 3.05) is 32.7 Å². The minimum Gasteiger partial charge on any atom is -0.342 e. The molecule has 2 aromatic carbocycles. The second kappa shape index (κ2) is 12.5. The van der Waals surface area contributed by atoms with Crippen LogP contribution in [0, 0.1) is 35.5 Å². The van der Waals surface area contributed by atoms with Crippen LogP contribution in [0.2, 0.25) is 0 Å². The number of hydrogen-bond donors (Lipinski definition) is 3. The molecule has 246 valence electrons. The van der Waals surface area contributed by atoms with E-state index in [0.29, 0.717) is 11.8 Å². The predicted molar refractivity (Wildman–Crippen MR) is 183 cm³/mol. The number of piperidine rings is 2. The molecule has 6 atom stereocenters. The summed E-state index contributed by atoms with van der Waals surface area (Å²) in [4.78, 5) is 37.1. The molecule has 4 fully saturated rings. The molecular formula is C40H48N4O3. The van der Waals surface area contributed by atoms with Gasteiger partial charge in [0, 0.05) is 36.7 Å². The van der Waals surface area contributed by atoms with Crippen molar-refractivity contribution in [1.82, 2.24) is 20.9 Å². The number of amides is 2. The van der Waals surface area contributed by atoms with Gasteiger partial charge < -0.3 is 25.6 Å². The molecule has 8 aliphatic rings. The molecule has 4 heterocycles. The fourth-order valence-corrected chi connectivity index (χ4v) is 10.1. The van der Waals surface area contributed by atoms with Gasteiger partial charge in [-0.3, -0.25) is 9.59 Å². The molecule has 10 rings (SSSR count). The normalized spacial score (nSPS) is 32.7. The number of carbonyl (C=O) groups is 3. The molecule has 6 unspecified atom stereocenters. The van der Waals surface area contributed by atoms with Gasteiger partial charge in [0.1, 0.15) is 6.29 Å². The van der Waals surface area contributed by atoms with E-state index >= 15 is 0 Å². The Balaban J connectivity index is 0.000000115. The van der Waals surface area contributed by atoms with Crippen LogP contribution >= 0.6 is 0 Å². The Bertz CT molecular complexity index is 1580. The molecule has 2 spiro atoms. The summed E-state index contributed by atoms with van der Waals surface area (Å²) < 4.78 is 0. The molecule has 0 radical (unpaired) electrons. The molecule has 4 bridgehead atoms. The van der Waals surface area contributed by atoms with Crippen molar-refractivity contribution < 1.29 is 14.4 Å². The summed E-state index contributed by atoms with van der Waals surface area (Å²) in [6.45, 7) is 5.42.